The van der Waals surface area contributed by atoms with Crippen molar-refractivity contribution >= 4 is 12.1 Å². The molecular weight excluding hydrogens is 378 g/mol. The molecule has 0 aromatic heterocycles. The zero-order valence-corrected chi connectivity index (χ0v) is 18.3. The molecule has 164 valence electrons. The van der Waals surface area contributed by atoms with Crippen LogP contribution in [0.5, 0.6) is 0 Å². The Bertz CT molecular complexity index is 734. The summed E-state index contributed by atoms with van der Waals surface area (Å²) in [5.41, 5.74) is 0.766. The first-order valence-corrected chi connectivity index (χ1v) is 11.2. The second-order valence-electron chi connectivity index (χ2n) is 8.86. The van der Waals surface area contributed by atoms with Crippen molar-refractivity contribution in [1.82, 2.24) is 4.90 Å². The standard InChI is InChI=1S/C25H35NO4/c1-4-10-22-13-8-15-25(16-9-14-23(25)19(2)17-29-20(3)27)26(22)24(28)30-18-21-11-6-5-7-12-21/h4-7,11-12,19,22-23H,1,8-10,13-18H2,2-3H3/t19-,22-,23-,25-/m0/s1. The molecule has 0 radical (unpaired) electrons. The van der Waals surface area contributed by atoms with Gasteiger partial charge in [0.1, 0.15) is 6.61 Å². The van der Waals surface area contributed by atoms with E-state index in [-0.39, 0.29) is 36.2 Å². The fourth-order valence-corrected chi connectivity index (χ4v) is 5.66. The minimum absolute atomic E-state index is 0.112. The Balaban J connectivity index is 1.82. The lowest BCUT2D eigenvalue weighted by molar-refractivity contribution is -0.143. The molecule has 0 bridgehead atoms. The number of rotatable bonds is 7. The number of esters is 1. The molecule has 5 nitrogen and oxygen atoms in total. The minimum atomic E-state index is -0.249. The quantitative estimate of drug-likeness (QED) is 0.438. The lowest BCUT2D eigenvalue weighted by Crippen LogP contribution is -2.62. The average molecular weight is 414 g/mol. The van der Waals surface area contributed by atoms with Crippen molar-refractivity contribution < 1.29 is 19.1 Å². The number of carbonyl (C=O) groups excluding carboxylic acids is 2. The highest BCUT2D eigenvalue weighted by molar-refractivity contribution is 5.70. The Morgan fingerprint density at radius 3 is 2.57 bits per heavy atom. The topological polar surface area (TPSA) is 55.8 Å². The molecule has 0 unspecified atom stereocenters. The number of benzene rings is 1. The molecule has 30 heavy (non-hydrogen) atoms. The van der Waals surface area contributed by atoms with Gasteiger partial charge in [0.05, 0.1) is 6.61 Å². The molecular formula is C25H35NO4. The van der Waals surface area contributed by atoms with Gasteiger partial charge in [-0.25, -0.2) is 4.79 Å². The maximum absolute atomic E-state index is 13.4. The second-order valence-corrected chi connectivity index (χ2v) is 8.86. The number of amides is 1. The smallest absolute Gasteiger partial charge is 0.410 e. The number of hydrogen-bond acceptors (Lipinski definition) is 4. The molecule has 0 N–H and O–H groups in total. The number of carbonyl (C=O) groups is 2. The molecule has 1 saturated heterocycles. The van der Waals surface area contributed by atoms with Crippen molar-refractivity contribution in [2.45, 2.75) is 77.0 Å². The highest BCUT2D eigenvalue weighted by Gasteiger charge is 2.54. The van der Waals surface area contributed by atoms with E-state index in [0.29, 0.717) is 12.5 Å². The number of hydrogen-bond donors (Lipinski definition) is 0. The van der Waals surface area contributed by atoms with Crippen molar-refractivity contribution in [3.05, 3.63) is 48.6 Å². The van der Waals surface area contributed by atoms with Crippen molar-refractivity contribution in [2.24, 2.45) is 11.8 Å². The van der Waals surface area contributed by atoms with Crippen LogP contribution in [0.4, 0.5) is 4.79 Å². The summed E-state index contributed by atoms with van der Waals surface area (Å²) in [5.74, 6) is 0.248. The summed E-state index contributed by atoms with van der Waals surface area (Å²) in [5, 5.41) is 0. The van der Waals surface area contributed by atoms with Gasteiger partial charge in [-0.2, -0.15) is 0 Å². The van der Waals surface area contributed by atoms with E-state index in [2.05, 4.69) is 18.4 Å². The predicted octanol–water partition coefficient (Wildman–Crippen LogP) is 5.49. The molecule has 1 saturated carbocycles. The summed E-state index contributed by atoms with van der Waals surface area (Å²) in [4.78, 5) is 26.8. The Morgan fingerprint density at radius 1 is 1.20 bits per heavy atom. The van der Waals surface area contributed by atoms with Crippen molar-refractivity contribution in [1.29, 1.82) is 0 Å². The van der Waals surface area contributed by atoms with Crippen LogP contribution in [0.1, 0.15) is 64.4 Å². The van der Waals surface area contributed by atoms with E-state index in [1.807, 2.05) is 36.4 Å². The van der Waals surface area contributed by atoms with Gasteiger partial charge < -0.3 is 9.47 Å². The van der Waals surface area contributed by atoms with Crippen LogP contribution in [-0.2, 0) is 20.9 Å². The van der Waals surface area contributed by atoms with Crippen LogP contribution in [0.3, 0.4) is 0 Å². The third-order valence-electron chi connectivity index (χ3n) is 6.88. The van der Waals surface area contributed by atoms with Crippen molar-refractivity contribution in [2.75, 3.05) is 6.61 Å². The number of ether oxygens (including phenoxy) is 2. The zero-order chi connectivity index (χ0) is 21.6. The monoisotopic (exact) mass is 413 g/mol. The number of piperidine rings is 1. The third kappa shape index (κ3) is 4.88. The van der Waals surface area contributed by atoms with Crippen LogP contribution >= 0.6 is 0 Å². The molecule has 4 atom stereocenters. The van der Waals surface area contributed by atoms with Gasteiger partial charge in [0.15, 0.2) is 0 Å². The molecule has 1 amide bonds. The van der Waals surface area contributed by atoms with E-state index < -0.39 is 0 Å². The maximum Gasteiger partial charge on any atom is 0.410 e. The second kappa shape index (κ2) is 10.1. The molecule has 2 aliphatic rings. The first kappa shape index (κ1) is 22.4. The van der Waals surface area contributed by atoms with E-state index in [4.69, 9.17) is 9.47 Å². The van der Waals surface area contributed by atoms with Crippen LogP contribution in [0.15, 0.2) is 43.0 Å². The third-order valence-corrected chi connectivity index (χ3v) is 6.88. The zero-order valence-electron chi connectivity index (χ0n) is 18.3. The summed E-state index contributed by atoms with van der Waals surface area (Å²) >= 11 is 0. The van der Waals surface area contributed by atoms with Gasteiger partial charge in [0.25, 0.3) is 0 Å². The van der Waals surface area contributed by atoms with Gasteiger partial charge in [0, 0.05) is 18.5 Å². The van der Waals surface area contributed by atoms with E-state index >= 15 is 0 Å². The van der Waals surface area contributed by atoms with E-state index in [9.17, 15) is 9.59 Å². The lowest BCUT2D eigenvalue weighted by atomic mass is 9.71. The SMILES string of the molecule is C=CC[C@H]1CCC[C@@]2(CCC[C@H]2[C@@H](C)COC(C)=O)N1C(=O)OCc1ccccc1. The Morgan fingerprint density at radius 2 is 1.90 bits per heavy atom. The largest absolute Gasteiger partial charge is 0.466 e. The van der Waals surface area contributed by atoms with Gasteiger partial charge in [0.2, 0.25) is 0 Å². The molecule has 1 aliphatic heterocycles. The molecule has 1 aromatic carbocycles. The summed E-state index contributed by atoms with van der Waals surface area (Å²) in [6.45, 7) is 8.20. The van der Waals surface area contributed by atoms with Crippen LogP contribution in [0, 0.1) is 11.8 Å². The molecule has 1 spiro atoms. The van der Waals surface area contributed by atoms with Gasteiger partial charge in [-0.3, -0.25) is 9.69 Å². The van der Waals surface area contributed by atoms with Gasteiger partial charge >= 0.3 is 12.1 Å². The van der Waals surface area contributed by atoms with Crippen LogP contribution in [0.25, 0.3) is 0 Å². The highest BCUT2D eigenvalue weighted by Crippen LogP contribution is 2.51. The van der Waals surface area contributed by atoms with Crippen LogP contribution in [-0.4, -0.2) is 35.2 Å². The van der Waals surface area contributed by atoms with Crippen LogP contribution < -0.4 is 0 Å². The predicted molar refractivity (Wildman–Crippen MR) is 117 cm³/mol. The summed E-state index contributed by atoms with van der Waals surface area (Å²) in [7, 11) is 0. The maximum atomic E-state index is 13.4. The molecule has 1 aromatic rings. The average Bonchev–Trinajstić information content (AvgIpc) is 3.15. The van der Waals surface area contributed by atoms with Crippen molar-refractivity contribution in [3.63, 3.8) is 0 Å². The fourth-order valence-electron chi connectivity index (χ4n) is 5.66. The van der Waals surface area contributed by atoms with Crippen LogP contribution in [0.2, 0.25) is 0 Å². The first-order valence-electron chi connectivity index (χ1n) is 11.2. The first-order chi connectivity index (χ1) is 14.5. The van der Waals surface area contributed by atoms with Gasteiger partial charge in [-0.1, -0.05) is 49.8 Å². The lowest BCUT2D eigenvalue weighted by Gasteiger charge is -2.53. The minimum Gasteiger partial charge on any atom is -0.466 e. The van der Waals surface area contributed by atoms with E-state index in [1.165, 1.54) is 6.92 Å². The Labute approximate surface area is 180 Å². The highest BCUT2D eigenvalue weighted by atomic mass is 16.6. The number of likely N-dealkylation sites (tertiary alicyclic amines) is 1. The van der Waals surface area contributed by atoms with Gasteiger partial charge in [-0.05, 0) is 55.9 Å². The Kier molecular flexibility index (Phi) is 7.57. The molecule has 1 aliphatic carbocycles. The van der Waals surface area contributed by atoms with Gasteiger partial charge in [-0.15, -0.1) is 6.58 Å². The fraction of sp³-hybridized carbons (Fsp3) is 0.600. The summed E-state index contributed by atoms with van der Waals surface area (Å²) in [6, 6.07) is 9.92. The van der Waals surface area contributed by atoms with E-state index in [1.54, 1.807) is 0 Å². The van der Waals surface area contributed by atoms with E-state index in [0.717, 1.165) is 50.5 Å². The molecule has 5 heteroatoms. The molecule has 3 rings (SSSR count). The molecule has 1 heterocycles. The normalized spacial score (nSPS) is 26.9. The Hall–Kier alpha value is -2.30. The molecule has 2 fully saturated rings. The summed E-state index contributed by atoms with van der Waals surface area (Å²) in [6.07, 6.45) is 8.62. The van der Waals surface area contributed by atoms with Crippen molar-refractivity contribution in [3.8, 4) is 0 Å². The summed E-state index contributed by atoms with van der Waals surface area (Å²) < 4.78 is 11.2. The number of nitrogens with zero attached hydrogens (tertiary/aromatic N) is 1.